The van der Waals surface area contributed by atoms with Gasteiger partial charge in [-0.05, 0) is 53.4 Å². The average Bonchev–Trinajstić information content (AvgIpc) is 3.23. The second-order valence-corrected chi connectivity index (χ2v) is 7.33. The molecule has 1 atom stereocenters. The number of benzene rings is 1. The van der Waals surface area contributed by atoms with Crippen LogP contribution in [-0.2, 0) is 0 Å². The van der Waals surface area contributed by atoms with E-state index in [9.17, 15) is 15.0 Å². The molecule has 2 heterocycles. The number of phenols is 2. The van der Waals surface area contributed by atoms with Gasteiger partial charge in [-0.25, -0.2) is 0 Å². The van der Waals surface area contributed by atoms with Gasteiger partial charge in [0.1, 0.15) is 0 Å². The zero-order valence-corrected chi connectivity index (χ0v) is 16.3. The van der Waals surface area contributed by atoms with Crippen LogP contribution in [0.1, 0.15) is 43.9 Å². The minimum Gasteiger partial charge on any atom is -0.504 e. The van der Waals surface area contributed by atoms with Gasteiger partial charge in [0, 0.05) is 5.56 Å². The maximum absolute atomic E-state index is 13.5. The van der Waals surface area contributed by atoms with E-state index >= 15 is 0 Å². The van der Waals surface area contributed by atoms with Gasteiger partial charge in [0.05, 0.1) is 17.3 Å². The van der Waals surface area contributed by atoms with Gasteiger partial charge in [-0.2, -0.15) is 5.21 Å². The van der Waals surface area contributed by atoms with Crippen molar-refractivity contribution >= 4 is 0 Å². The molecule has 148 valence electrons. The molecule has 1 aromatic carbocycles. The molecule has 29 heavy (non-hydrogen) atoms. The number of aromatic hydroxyl groups is 2. The lowest BCUT2D eigenvalue weighted by atomic mass is 10.0. The summed E-state index contributed by atoms with van der Waals surface area (Å²) in [5.41, 5.74) is 3.35. The van der Waals surface area contributed by atoms with E-state index in [1.165, 1.54) is 12.1 Å². The third-order valence-electron chi connectivity index (χ3n) is 5.20. The summed E-state index contributed by atoms with van der Waals surface area (Å²) in [7, 11) is 0. The summed E-state index contributed by atoms with van der Waals surface area (Å²) in [6.07, 6.45) is 0. The Bertz CT molecular complexity index is 1200. The number of hydrogen-bond acceptors (Lipinski definition) is 6. The third kappa shape index (κ3) is 3.12. The van der Waals surface area contributed by atoms with E-state index in [0.29, 0.717) is 11.1 Å². The standard InChI is InChI=1S/C21H21N5O3/c1-11(2)13-5-4-6-16-15(9-13)19(20-22-24-25-23-20)21(29)26(16)12(3)14-7-8-17(27)18(28)10-14/h4-12,27-28H,1-3H3,(H,22,23,24,25). The zero-order chi connectivity index (χ0) is 20.7. The number of hydrogen-bond donors (Lipinski definition) is 3. The van der Waals surface area contributed by atoms with Crippen LogP contribution in [0.5, 0.6) is 11.5 Å². The topological polar surface area (TPSA) is 117 Å². The molecule has 0 bridgehead atoms. The molecule has 3 N–H and O–H groups in total. The molecular formula is C21H21N5O3. The van der Waals surface area contributed by atoms with Gasteiger partial charge in [-0.15, -0.1) is 10.2 Å². The summed E-state index contributed by atoms with van der Waals surface area (Å²) in [5, 5.41) is 33.6. The molecule has 1 aromatic heterocycles. The number of nitrogens with one attached hydrogen (secondary N) is 1. The fourth-order valence-electron chi connectivity index (χ4n) is 3.56. The lowest BCUT2D eigenvalue weighted by Crippen LogP contribution is -2.21. The molecule has 8 heteroatoms. The third-order valence-corrected chi connectivity index (χ3v) is 5.20. The summed E-state index contributed by atoms with van der Waals surface area (Å²) < 4.78 is 1.65. The van der Waals surface area contributed by atoms with Crippen molar-refractivity contribution in [2.24, 2.45) is 0 Å². The Morgan fingerprint density at radius 3 is 2.45 bits per heavy atom. The van der Waals surface area contributed by atoms with Crippen LogP contribution >= 0.6 is 0 Å². The van der Waals surface area contributed by atoms with Crippen molar-refractivity contribution in [3.8, 4) is 34.1 Å². The number of tetrazole rings is 1. The molecule has 0 fully saturated rings. The van der Waals surface area contributed by atoms with Gasteiger partial charge in [-0.1, -0.05) is 32.0 Å². The minimum atomic E-state index is -0.401. The lowest BCUT2D eigenvalue weighted by Gasteiger charge is -2.16. The Kier molecular flexibility index (Phi) is 4.54. The van der Waals surface area contributed by atoms with Crippen molar-refractivity contribution in [2.75, 3.05) is 0 Å². The summed E-state index contributed by atoms with van der Waals surface area (Å²) in [5.74, 6) is 0.0690. The van der Waals surface area contributed by atoms with Crippen molar-refractivity contribution in [1.29, 1.82) is 0 Å². The monoisotopic (exact) mass is 391 g/mol. The van der Waals surface area contributed by atoms with E-state index in [0.717, 1.165) is 16.8 Å². The van der Waals surface area contributed by atoms with E-state index in [1.807, 2.05) is 31.2 Å². The smallest absolute Gasteiger partial charge is 0.263 e. The van der Waals surface area contributed by atoms with Crippen molar-refractivity contribution < 1.29 is 10.2 Å². The van der Waals surface area contributed by atoms with Crippen molar-refractivity contribution in [3.05, 3.63) is 63.9 Å². The highest BCUT2D eigenvalue weighted by Gasteiger charge is 2.27. The number of nitrogens with zero attached hydrogens (tertiary/aromatic N) is 4. The van der Waals surface area contributed by atoms with E-state index in [2.05, 4.69) is 34.5 Å². The molecule has 0 spiro atoms. The highest BCUT2D eigenvalue weighted by atomic mass is 16.3. The number of H-pyrrole nitrogens is 1. The quantitative estimate of drug-likeness (QED) is 0.460. The maximum atomic E-state index is 13.5. The molecule has 0 amide bonds. The first kappa shape index (κ1) is 18.7. The molecule has 0 saturated carbocycles. The fourth-order valence-corrected chi connectivity index (χ4v) is 3.56. The highest BCUT2D eigenvalue weighted by molar-refractivity contribution is 5.81. The summed E-state index contributed by atoms with van der Waals surface area (Å²) in [6, 6.07) is 12.0. The molecule has 1 aliphatic heterocycles. The van der Waals surface area contributed by atoms with E-state index < -0.39 is 6.04 Å². The predicted octanol–water partition coefficient (Wildman–Crippen LogP) is 3.28. The SMILES string of the molecule is CC(C)c1cccc2n(C(C)c3ccc(O)c(O)c3)c(=O)c(-c3nn[nH]n3)c-2c1. The van der Waals surface area contributed by atoms with Crippen molar-refractivity contribution in [3.63, 3.8) is 0 Å². The molecular weight excluding hydrogens is 370 g/mol. The first-order chi connectivity index (χ1) is 13.9. The largest absolute Gasteiger partial charge is 0.504 e. The van der Waals surface area contributed by atoms with Crippen molar-refractivity contribution in [2.45, 2.75) is 32.7 Å². The number of aromatic amines is 1. The van der Waals surface area contributed by atoms with Crippen LogP contribution in [0.15, 0.2) is 47.3 Å². The van der Waals surface area contributed by atoms with Gasteiger partial charge in [0.15, 0.2) is 11.5 Å². The molecule has 2 aromatic rings. The van der Waals surface area contributed by atoms with Gasteiger partial charge in [0.25, 0.3) is 5.56 Å². The van der Waals surface area contributed by atoms with Gasteiger partial charge < -0.3 is 14.8 Å². The van der Waals surface area contributed by atoms with Gasteiger partial charge >= 0.3 is 0 Å². The van der Waals surface area contributed by atoms with Gasteiger partial charge in [0.2, 0.25) is 5.82 Å². The summed E-state index contributed by atoms with van der Waals surface area (Å²) in [4.78, 5) is 13.5. The van der Waals surface area contributed by atoms with E-state index in [4.69, 9.17) is 0 Å². The van der Waals surface area contributed by atoms with Crippen LogP contribution in [0.3, 0.4) is 0 Å². The Labute approximate surface area is 166 Å². The maximum Gasteiger partial charge on any atom is 0.263 e. The van der Waals surface area contributed by atoms with E-state index in [1.54, 1.807) is 10.6 Å². The number of rotatable bonds is 4. The average molecular weight is 391 g/mol. The second-order valence-electron chi connectivity index (χ2n) is 7.33. The first-order valence-electron chi connectivity index (χ1n) is 9.32. The minimum absolute atomic E-state index is 0.207. The highest BCUT2D eigenvalue weighted by Crippen LogP contribution is 2.36. The summed E-state index contributed by atoms with van der Waals surface area (Å²) in [6.45, 7) is 6.04. The normalized spacial score (nSPS) is 12.6. The molecule has 1 unspecified atom stereocenters. The van der Waals surface area contributed by atoms with Crippen LogP contribution in [0, 0.1) is 0 Å². The Balaban J connectivity index is 2.00. The zero-order valence-electron chi connectivity index (χ0n) is 16.3. The fraction of sp³-hybridized carbons (Fsp3) is 0.238. The van der Waals surface area contributed by atoms with Crippen LogP contribution in [-0.4, -0.2) is 35.4 Å². The van der Waals surface area contributed by atoms with Crippen LogP contribution < -0.4 is 5.56 Å². The van der Waals surface area contributed by atoms with Gasteiger partial charge in [-0.3, -0.25) is 4.79 Å². The molecule has 0 saturated heterocycles. The predicted molar refractivity (Wildman–Crippen MR) is 108 cm³/mol. The molecule has 8 nitrogen and oxygen atoms in total. The van der Waals surface area contributed by atoms with Crippen LogP contribution in [0.2, 0.25) is 0 Å². The lowest BCUT2D eigenvalue weighted by molar-refractivity contribution is 0.402. The first-order valence-corrected chi connectivity index (χ1v) is 9.32. The number of aromatic nitrogens is 5. The molecule has 2 aliphatic rings. The number of fused-ring (bicyclic) bond motifs is 1. The second kappa shape index (κ2) is 7.05. The Morgan fingerprint density at radius 2 is 1.79 bits per heavy atom. The number of phenolic OH excluding ortho intramolecular Hbond substituents is 2. The molecule has 4 rings (SSSR count). The summed E-state index contributed by atoms with van der Waals surface area (Å²) >= 11 is 0. The van der Waals surface area contributed by atoms with Crippen molar-refractivity contribution in [1.82, 2.24) is 25.2 Å². The Morgan fingerprint density at radius 1 is 1.00 bits per heavy atom. The molecule has 1 aliphatic carbocycles. The van der Waals surface area contributed by atoms with Crippen LogP contribution in [0.25, 0.3) is 22.6 Å². The van der Waals surface area contributed by atoms with E-state index in [-0.39, 0.29) is 28.8 Å². The molecule has 0 radical (unpaired) electrons. The Hall–Kier alpha value is -3.68. The van der Waals surface area contributed by atoms with Crippen LogP contribution in [0.4, 0.5) is 0 Å².